The van der Waals surface area contributed by atoms with Gasteiger partial charge >= 0.3 is 5.97 Å². The first-order valence-corrected chi connectivity index (χ1v) is 10.4. The smallest absolute Gasteiger partial charge is 0.340 e. The Kier molecular flexibility index (Phi) is 6.05. The van der Waals surface area contributed by atoms with Gasteiger partial charge in [0.15, 0.2) is 6.61 Å². The van der Waals surface area contributed by atoms with Gasteiger partial charge in [0.2, 0.25) is 0 Å². The van der Waals surface area contributed by atoms with Crippen LogP contribution in [0.4, 0.5) is 0 Å². The van der Waals surface area contributed by atoms with Gasteiger partial charge in [0.05, 0.1) is 12.1 Å². The quantitative estimate of drug-likeness (QED) is 0.723. The number of amides is 1. The molecule has 146 valence electrons. The number of piperidine rings is 1. The predicted octanol–water partition coefficient (Wildman–Crippen LogP) is 4.16. The maximum Gasteiger partial charge on any atom is 0.340 e. The molecule has 0 bridgehead atoms. The summed E-state index contributed by atoms with van der Waals surface area (Å²) in [6, 6.07) is 6.37. The Morgan fingerprint density at radius 1 is 1.22 bits per heavy atom. The highest BCUT2D eigenvalue weighted by Gasteiger charge is 2.29. The van der Waals surface area contributed by atoms with Crippen LogP contribution in [0.3, 0.4) is 0 Å². The van der Waals surface area contributed by atoms with Gasteiger partial charge in [-0.15, -0.1) is 11.3 Å². The minimum Gasteiger partial charge on any atom is -0.452 e. The lowest BCUT2D eigenvalue weighted by Gasteiger charge is -2.38. The Morgan fingerprint density at radius 2 is 1.93 bits per heavy atom. The molecule has 1 saturated heterocycles. The largest absolute Gasteiger partial charge is 0.452 e. The van der Waals surface area contributed by atoms with E-state index in [2.05, 4.69) is 24.5 Å². The second-order valence-corrected chi connectivity index (χ2v) is 8.49. The zero-order valence-electron chi connectivity index (χ0n) is 16.5. The highest BCUT2D eigenvalue weighted by atomic mass is 32.1. The molecule has 0 saturated carbocycles. The van der Waals surface area contributed by atoms with Gasteiger partial charge in [-0.05, 0) is 64.5 Å². The minimum absolute atomic E-state index is 0.101. The number of aryl methyl sites for hydroxylation is 1. The normalized spacial score (nSPS) is 19.9. The molecule has 2 aromatic heterocycles. The summed E-state index contributed by atoms with van der Waals surface area (Å²) in [6.45, 7) is 8.58. The highest BCUT2D eigenvalue weighted by Crippen LogP contribution is 2.23. The van der Waals surface area contributed by atoms with Crippen molar-refractivity contribution >= 4 is 23.2 Å². The van der Waals surface area contributed by atoms with Gasteiger partial charge in [-0.1, -0.05) is 6.07 Å². The maximum absolute atomic E-state index is 12.6. The third-order valence-electron chi connectivity index (χ3n) is 5.50. The number of thiophene rings is 1. The van der Waals surface area contributed by atoms with E-state index in [4.69, 9.17) is 4.74 Å². The van der Waals surface area contributed by atoms with Crippen LogP contribution in [0, 0.1) is 13.8 Å². The summed E-state index contributed by atoms with van der Waals surface area (Å²) >= 11 is 1.70. The number of carbonyl (C=O) groups is 2. The molecule has 5 nitrogen and oxygen atoms in total. The molecule has 1 aliphatic rings. The monoisotopic (exact) mass is 388 g/mol. The van der Waals surface area contributed by atoms with Gasteiger partial charge in [0, 0.05) is 28.3 Å². The first kappa shape index (κ1) is 19.7. The van der Waals surface area contributed by atoms with Crippen molar-refractivity contribution in [1.29, 1.82) is 0 Å². The molecule has 0 aromatic carbocycles. The lowest BCUT2D eigenvalue weighted by atomic mass is 9.97. The van der Waals surface area contributed by atoms with Gasteiger partial charge in [0.1, 0.15) is 0 Å². The molecule has 6 heteroatoms. The second kappa shape index (κ2) is 8.30. The average molecular weight is 389 g/mol. The van der Waals surface area contributed by atoms with E-state index in [1.54, 1.807) is 11.3 Å². The van der Waals surface area contributed by atoms with Crippen molar-refractivity contribution in [3.63, 3.8) is 0 Å². The van der Waals surface area contributed by atoms with Crippen LogP contribution in [0.2, 0.25) is 0 Å². The van der Waals surface area contributed by atoms with Crippen LogP contribution >= 0.6 is 11.3 Å². The zero-order chi connectivity index (χ0) is 19.6. The summed E-state index contributed by atoms with van der Waals surface area (Å²) in [4.78, 5) is 28.3. The molecule has 27 heavy (non-hydrogen) atoms. The Hall–Kier alpha value is -2.08. The van der Waals surface area contributed by atoms with E-state index in [0.29, 0.717) is 5.56 Å². The maximum atomic E-state index is 12.6. The third kappa shape index (κ3) is 4.26. The van der Waals surface area contributed by atoms with Crippen LogP contribution in [-0.2, 0) is 16.1 Å². The van der Waals surface area contributed by atoms with Crippen LogP contribution in [0.1, 0.15) is 59.7 Å². The van der Waals surface area contributed by atoms with Crippen LogP contribution in [0.25, 0.3) is 0 Å². The summed E-state index contributed by atoms with van der Waals surface area (Å²) < 4.78 is 7.49. The van der Waals surface area contributed by atoms with E-state index in [-0.39, 0.29) is 24.6 Å². The molecule has 3 rings (SSSR count). The van der Waals surface area contributed by atoms with Crippen molar-refractivity contribution in [1.82, 2.24) is 9.47 Å². The van der Waals surface area contributed by atoms with E-state index in [9.17, 15) is 9.59 Å². The summed E-state index contributed by atoms with van der Waals surface area (Å²) in [5, 5.41) is 2.05. The molecule has 1 amide bonds. The third-order valence-corrected chi connectivity index (χ3v) is 6.36. The number of esters is 1. The summed E-state index contributed by atoms with van der Waals surface area (Å²) in [5.74, 6) is -0.526. The SMILES string of the molecule is Cc1cc(C(=O)OCC(=O)N2[C@H](C)CCC[C@@H]2C)c(C)n1Cc1cccs1. The number of ether oxygens (including phenoxy) is 1. The van der Waals surface area contributed by atoms with Crippen molar-refractivity contribution in [2.75, 3.05) is 6.61 Å². The fourth-order valence-corrected chi connectivity index (χ4v) is 4.69. The first-order valence-electron chi connectivity index (χ1n) is 9.56. The second-order valence-electron chi connectivity index (χ2n) is 7.46. The summed E-state index contributed by atoms with van der Waals surface area (Å²) in [5.41, 5.74) is 2.42. The number of hydrogen-bond donors (Lipinski definition) is 0. The summed E-state index contributed by atoms with van der Waals surface area (Å²) in [7, 11) is 0. The Morgan fingerprint density at radius 3 is 2.56 bits per heavy atom. The number of likely N-dealkylation sites (tertiary alicyclic amines) is 1. The fourth-order valence-electron chi connectivity index (χ4n) is 4.00. The lowest BCUT2D eigenvalue weighted by molar-refractivity contribution is -0.140. The van der Waals surface area contributed by atoms with Crippen molar-refractivity contribution in [2.45, 2.75) is 65.6 Å². The lowest BCUT2D eigenvalue weighted by Crippen LogP contribution is -2.49. The molecule has 0 N–H and O–H groups in total. The number of aromatic nitrogens is 1. The van der Waals surface area contributed by atoms with Crippen molar-refractivity contribution in [3.05, 3.63) is 45.4 Å². The van der Waals surface area contributed by atoms with Gasteiger partial charge in [-0.25, -0.2) is 4.79 Å². The molecule has 3 heterocycles. The van der Waals surface area contributed by atoms with Gasteiger partial charge in [-0.3, -0.25) is 4.79 Å². The van der Waals surface area contributed by atoms with Gasteiger partial charge < -0.3 is 14.2 Å². The van der Waals surface area contributed by atoms with Crippen LogP contribution in [-0.4, -0.2) is 40.0 Å². The molecule has 1 aliphatic heterocycles. The molecule has 2 aromatic rings. The minimum atomic E-state index is -0.425. The highest BCUT2D eigenvalue weighted by molar-refractivity contribution is 7.09. The fraction of sp³-hybridized carbons (Fsp3) is 0.524. The van der Waals surface area contributed by atoms with Crippen LogP contribution < -0.4 is 0 Å². The van der Waals surface area contributed by atoms with E-state index in [0.717, 1.165) is 37.2 Å². The van der Waals surface area contributed by atoms with E-state index in [1.165, 1.54) is 4.88 Å². The number of rotatable bonds is 5. The first-order chi connectivity index (χ1) is 12.9. The standard InChI is InChI=1S/C21H28N2O3S/c1-14-7-5-8-15(2)23(14)20(24)13-26-21(25)19-11-16(3)22(17(19)4)12-18-9-6-10-27-18/h6,9-11,14-15H,5,7-8,12-13H2,1-4H3/t14-,15+. The molecule has 0 aliphatic carbocycles. The van der Waals surface area contributed by atoms with Crippen molar-refractivity contribution in [2.24, 2.45) is 0 Å². The van der Waals surface area contributed by atoms with Crippen molar-refractivity contribution in [3.8, 4) is 0 Å². The average Bonchev–Trinajstić information content (AvgIpc) is 3.23. The molecule has 2 atom stereocenters. The number of nitrogens with zero attached hydrogens (tertiary/aromatic N) is 2. The van der Waals surface area contributed by atoms with Crippen molar-refractivity contribution < 1.29 is 14.3 Å². The zero-order valence-corrected chi connectivity index (χ0v) is 17.3. The topological polar surface area (TPSA) is 51.5 Å². The Labute approximate surface area is 164 Å². The van der Waals surface area contributed by atoms with Crippen LogP contribution in [0.5, 0.6) is 0 Å². The number of carbonyl (C=O) groups excluding carboxylic acids is 2. The predicted molar refractivity (Wildman–Crippen MR) is 107 cm³/mol. The Balaban J connectivity index is 1.65. The molecule has 0 spiro atoms. The molecule has 0 unspecified atom stereocenters. The molecule has 1 fully saturated rings. The van der Waals surface area contributed by atoms with E-state index < -0.39 is 5.97 Å². The van der Waals surface area contributed by atoms with Gasteiger partial charge in [0.25, 0.3) is 5.91 Å². The summed E-state index contributed by atoms with van der Waals surface area (Å²) in [6.07, 6.45) is 3.16. The number of hydrogen-bond acceptors (Lipinski definition) is 4. The molecular weight excluding hydrogens is 360 g/mol. The van der Waals surface area contributed by atoms with E-state index in [1.807, 2.05) is 36.3 Å². The van der Waals surface area contributed by atoms with Gasteiger partial charge in [-0.2, -0.15) is 0 Å². The Bertz CT molecular complexity index is 800. The van der Waals surface area contributed by atoms with E-state index >= 15 is 0 Å². The van der Waals surface area contributed by atoms with Crippen LogP contribution in [0.15, 0.2) is 23.6 Å². The molecule has 0 radical (unpaired) electrons. The molecular formula is C21H28N2O3S.